The quantitative estimate of drug-likeness (QED) is 0.419. The standard InChI is InChI=1S/C18H15ClFN5O3/c1-2-28-13-6-3-11(4-7-13)23-17-16(25(26)27)18(22-10-21-17)24-12-5-8-15(20)14(19)9-12/h3-10H,2H2,1H3,(H2,21,22,23,24). The Morgan fingerprint density at radius 3 is 2.29 bits per heavy atom. The predicted molar refractivity (Wildman–Crippen MR) is 104 cm³/mol. The fourth-order valence-corrected chi connectivity index (χ4v) is 2.56. The summed E-state index contributed by atoms with van der Waals surface area (Å²) < 4.78 is 18.7. The summed E-state index contributed by atoms with van der Waals surface area (Å²) in [5.74, 6) is 0.0269. The van der Waals surface area contributed by atoms with E-state index in [4.69, 9.17) is 16.3 Å². The Labute approximate surface area is 164 Å². The molecular formula is C18H15ClFN5O3. The van der Waals surface area contributed by atoms with E-state index in [9.17, 15) is 14.5 Å². The third kappa shape index (κ3) is 4.44. The molecule has 8 nitrogen and oxygen atoms in total. The van der Waals surface area contributed by atoms with Gasteiger partial charge in [-0.1, -0.05) is 11.6 Å². The molecule has 1 heterocycles. The fourth-order valence-electron chi connectivity index (χ4n) is 2.38. The second kappa shape index (κ2) is 8.49. The van der Waals surface area contributed by atoms with Crippen LogP contribution in [0.15, 0.2) is 48.8 Å². The molecule has 0 radical (unpaired) electrons. The van der Waals surface area contributed by atoms with E-state index in [1.807, 2.05) is 6.92 Å². The van der Waals surface area contributed by atoms with E-state index in [0.29, 0.717) is 23.7 Å². The number of benzene rings is 2. The van der Waals surface area contributed by atoms with Gasteiger partial charge >= 0.3 is 5.69 Å². The van der Waals surface area contributed by atoms with E-state index in [1.165, 1.54) is 18.5 Å². The van der Waals surface area contributed by atoms with Crippen LogP contribution in [0.3, 0.4) is 0 Å². The molecule has 0 saturated heterocycles. The van der Waals surface area contributed by atoms with Crippen molar-refractivity contribution in [3.8, 4) is 5.75 Å². The lowest BCUT2D eigenvalue weighted by Crippen LogP contribution is -2.05. The highest BCUT2D eigenvalue weighted by atomic mass is 35.5. The van der Waals surface area contributed by atoms with Gasteiger partial charge in [0.15, 0.2) is 0 Å². The molecule has 0 atom stereocenters. The second-order valence-corrected chi connectivity index (χ2v) is 5.92. The first-order valence-corrected chi connectivity index (χ1v) is 8.57. The lowest BCUT2D eigenvalue weighted by Gasteiger charge is -2.11. The van der Waals surface area contributed by atoms with Crippen LogP contribution < -0.4 is 15.4 Å². The van der Waals surface area contributed by atoms with Gasteiger partial charge < -0.3 is 15.4 Å². The number of ether oxygens (including phenoxy) is 1. The predicted octanol–water partition coefficient (Wildman–Crippen LogP) is 5.06. The van der Waals surface area contributed by atoms with Crippen molar-refractivity contribution >= 4 is 40.3 Å². The Balaban J connectivity index is 1.90. The van der Waals surface area contributed by atoms with E-state index < -0.39 is 10.7 Å². The smallest absolute Gasteiger partial charge is 0.353 e. The molecule has 0 spiro atoms. The summed E-state index contributed by atoms with van der Waals surface area (Å²) in [6.45, 7) is 2.41. The van der Waals surface area contributed by atoms with Crippen LogP contribution >= 0.6 is 11.6 Å². The van der Waals surface area contributed by atoms with Crippen LogP contribution in [0, 0.1) is 15.9 Å². The van der Waals surface area contributed by atoms with Crippen molar-refractivity contribution in [1.82, 2.24) is 9.97 Å². The van der Waals surface area contributed by atoms with Crippen LogP contribution in [0.25, 0.3) is 0 Å². The molecule has 10 heteroatoms. The number of nitrogens with one attached hydrogen (secondary N) is 2. The van der Waals surface area contributed by atoms with Crippen molar-refractivity contribution < 1.29 is 14.1 Å². The monoisotopic (exact) mass is 403 g/mol. The molecule has 0 aliphatic rings. The highest BCUT2D eigenvalue weighted by Crippen LogP contribution is 2.33. The summed E-state index contributed by atoms with van der Waals surface area (Å²) in [4.78, 5) is 18.9. The highest BCUT2D eigenvalue weighted by Gasteiger charge is 2.23. The molecule has 3 aromatic rings. The molecule has 0 aliphatic carbocycles. The second-order valence-electron chi connectivity index (χ2n) is 5.51. The van der Waals surface area contributed by atoms with Gasteiger partial charge in [-0.3, -0.25) is 10.1 Å². The molecule has 3 rings (SSSR count). The molecular weight excluding hydrogens is 389 g/mol. The minimum atomic E-state index is -0.607. The molecule has 0 amide bonds. The molecule has 0 aliphatic heterocycles. The van der Waals surface area contributed by atoms with Crippen molar-refractivity contribution in [2.75, 3.05) is 17.2 Å². The molecule has 0 fully saturated rings. The number of halogens is 2. The van der Waals surface area contributed by atoms with E-state index in [-0.39, 0.29) is 22.3 Å². The Morgan fingerprint density at radius 2 is 1.71 bits per heavy atom. The van der Waals surface area contributed by atoms with Crippen molar-refractivity contribution in [1.29, 1.82) is 0 Å². The number of anilines is 4. The summed E-state index contributed by atoms with van der Waals surface area (Å²) in [6, 6.07) is 10.7. The van der Waals surface area contributed by atoms with Gasteiger partial charge in [0.05, 0.1) is 16.6 Å². The molecule has 144 valence electrons. The Bertz CT molecular complexity index is 1000. The van der Waals surface area contributed by atoms with Crippen molar-refractivity contribution in [3.05, 3.63) is 69.7 Å². The average molecular weight is 404 g/mol. The van der Waals surface area contributed by atoms with E-state index in [1.54, 1.807) is 24.3 Å². The van der Waals surface area contributed by atoms with Gasteiger partial charge in [-0.05, 0) is 49.4 Å². The molecule has 0 unspecified atom stereocenters. The first kappa shape index (κ1) is 19.3. The molecule has 2 N–H and O–H groups in total. The number of nitrogens with zero attached hydrogens (tertiary/aromatic N) is 3. The van der Waals surface area contributed by atoms with Crippen LogP contribution in [0.1, 0.15) is 6.92 Å². The van der Waals surface area contributed by atoms with E-state index >= 15 is 0 Å². The third-order valence-corrected chi connectivity index (χ3v) is 3.90. The zero-order chi connectivity index (χ0) is 20.1. The van der Waals surface area contributed by atoms with E-state index in [0.717, 1.165) is 6.07 Å². The number of rotatable bonds is 7. The minimum Gasteiger partial charge on any atom is -0.494 e. The average Bonchev–Trinajstić information content (AvgIpc) is 2.66. The maximum absolute atomic E-state index is 13.3. The van der Waals surface area contributed by atoms with Crippen molar-refractivity contribution in [2.24, 2.45) is 0 Å². The van der Waals surface area contributed by atoms with Crippen LogP contribution in [-0.4, -0.2) is 21.5 Å². The lowest BCUT2D eigenvalue weighted by molar-refractivity contribution is -0.383. The molecule has 1 aromatic heterocycles. The molecule has 2 aromatic carbocycles. The van der Waals surface area contributed by atoms with Crippen LogP contribution in [0.2, 0.25) is 5.02 Å². The highest BCUT2D eigenvalue weighted by molar-refractivity contribution is 6.31. The summed E-state index contributed by atoms with van der Waals surface area (Å²) in [6.07, 6.45) is 1.18. The van der Waals surface area contributed by atoms with Gasteiger partial charge in [-0.2, -0.15) is 0 Å². The molecule has 0 bridgehead atoms. The van der Waals surface area contributed by atoms with E-state index in [2.05, 4.69) is 20.6 Å². The summed E-state index contributed by atoms with van der Waals surface area (Å²) in [5, 5.41) is 17.2. The Kier molecular flexibility index (Phi) is 5.85. The van der Waals surface area contributed by atoms with Crippen LogP contribution in [-0.2, 0) is 0 Å². The van der Waals surface area contributed by atoms with Crippen LogP contribution in [0.5, 0.6) is 5.75 Å². The summed E-state index contributed by atoms with van der Waals surface area (Å²) >= 11 is 5.75. The summed E-state index contributed by atoms with van der Waals surface area (Å²) in [7, 11) is 0. The zero-order valence-electron chi connectivity index (χ0n) is 14.6. The number of hydrogen-bond donors (Lipinski definition) is 2. The molecule has 0 saturated carbocycles. The van der Waals surface area contributed by atoms with Crippen LogP contribution in [0.4, 0.5) is 33.1 Å². The number of aromatic nitrogens is 2. The Hall–Kier alpha value is -3.46. The van der Waals surface area contributed by atoms with Gasteiger partial charge in [-0.15, -0.1) is 0 Å². The lowest BCUT2D eigenvalue weighted by atomic mass is 10.3. The largest absolute Gasteiger partial charge is 0.494 e. The topological polar surface area (TPSA) is 102 Å². The number of nitro groups is 1. The normalized spacial score (nSPS) is 10.4. The SMILES string of the molecule is CCOc1ccc(Nc2ncnc(Nc3ccc(F)c(Cl)c3)c2[N+](=O)[O-])cc1. The zero-order valence-corrected chi connectivity index (χ0v) is 15.4. The molecule has 28 heavy (non-hydrogen) atoms. The Morgan fingerprint density at radius 1 is 1.11 bits per heavy atom. The van der Waals surface area contributed by atoms with Gasteiger partial charge in [0.25, 0.3) is 0 Å². The van der Waals surface area contributed by atoms with Gasteiger partial charge in [0.2, 0.25) is 11.6 Å². The van der Waals surface area contributed by atoms with Crippen molar-refractivity contribution in [3.63, 3.8) is 0 Å². The first-order valence-electron chi connectivity index (χ1n) is 8.19. The van der Waals surface area contributed by atoms with Gasteiger partial charge in [0, 0.05) is 11.4 Å². The third-order valence-electron chi connectivity index (χ3n) is 3.62. The fraction of sp³-hybridized carbons (Fsp3) is 0.111. The minimum absolute atomic E-state index is 0.000122. The number of hydrogen-bond acceptors (Lipinski definition) is 7. The first-order chi connectivity index (χ1) is 13.5. The maximum Gasteiger partial charge on any atom is 0.353 e. The van der Waals surface area contributed by atoms with Crippen molar-refractivity contribution in [2.45, 2.75) is 6.92 Å². The van der Waals surface area contributed by atoms with Gasteiger partial charge in [0.1, 0.15) is 17.9 Å². The maximum atomic E-state index is 13.3. The summed E-state index contributed by atoms with van der Waals surface area (Å²) in [5.41, 5.74) is 0.568. The van der Waals surface area contributed by atoms with Gasteiger partial charge in [-0.25, -0.2) is 14.4 Å².